The lowest BCUT2D eigenvalue weighted by atomic mass is 10.3. The molecule has 0 fully saturated rings. The standard InChI is InChI=1S/C4H6N2O2/c7-3-1-4(8)6-5-2-3/h2,5,7H,1H2,(H,6,8). The minimum absolute atomic E-state index is 0.0637. The Bertz CT molecular complexity index is 141. The van der Waals surface area contributed by atoms with Crippen molar-refractivity contribution in [3.05, 3.63) is 12.0 Å². The molecule has 3 N–H and O–H groups in total. The van der Waals surface area contributed by atoms with Crippen molar-refractivity contribution in [2.24, 2.45) is 0 Å². The number of aliphatic hydroxyl groups excluding tert-OH is 1. The average Bonchev–Trinajstić information content (AvgIpc) is 1.64. The molecule has 0 aliphatic carbocycles. The van der Waals surface area contributed by atoms with E-state index in [4.69, 9.17) is 5.11 Å². The summed E-state index contributed by atoms with van der Waals surface area (Å²) in [5.41, 5.74) is 4.66. The summed E-state index contributed by atoms with van der Waals surface area (Å²) in [6.07, 6.45) is 1.41. The Morgan fingerprint density at radius 3 is 2.88 bits per heavy atom. The van der Waals surface area contributed by atoms with Crippen LogP contribution < -0.4 is 10.9 Å². The van der Waals surface area contributed by atoms with Crippen molar-refractivity contribution in [1.29, 1.82) is 0 Å². The van der Waals surface area contributed by atoms with Gasteiger partial charge in [0.25, 0.3) is 0 Å². The highest BCUT2D eigenvalue weighted by Crippen LogP contribution is 1.95. The van der Waals surface area contributed by atoms with E-state index >= 15 is 0 Å². The SMILES string of the molecule is O=C1CC(O)=CNN1. The Kier molecular flexibility index (Phi) is 1.07. The van der Waals surface area contributed by atoms with E-state index in [-0.39, 0.29) is 18.1 Å². The van der Waals surface area contributed by atoms with Gasteiger partial charge < -0.3 is 10.5 Å². The van der Waals surface area contributed by atoms with Gasteiger partial charge in [0.1, 0.15) is 5.76 Å². The molecule has 0 aromatic rings. The van der Waals surface area contributed by atoms with Crippen LogP contribution in [0.5, 0.6) is 0 Å². The molecule has 8 heavy (non-hydrogen) atoms. The Morgan fingerprint density at radius 1 is 1.75 bits per heavy atom. The predicted octanol–water partition coefficient (Wildman–Crippen LogP) is -0.590. The molecule has 0 aromatic heterocycles. The maximum atomic E-state index is 10.3. The largest absolute Gasteiger partial charge is 0.510 e. The third-order valence-electron chi connectivity index (χ3n) is 0.792. The number of rotatable bonds is 0. The van der Waals surface area contributed by atoms with E-state index in [0.29, 0.717) is 0 Å². The lowest BCUT2D eigenvalue weighted by Crippen LogP contribution is -2.37. The molecule has 0 unspecified atom stereocenters. The lowest BCUT2D eigenvalue weighted by molar-refractivity contribution is -0.122. The van der Waals surface area contributed by atoms with Gasteiger partial charge in [-0.05, 0) is 0 Å². The Hall–Kier alpha value is -1.19. The van der Waals surface area contributed by atoms with Crippen LogP contribution in [-0.4, -0.2) is 11.0 Å². The Labute approximate surface area is 46.2 Å². The van der Waals surface area contributed by atoms with Gasteiger partial charge in [-0.2, -0.15) is 0 Å². The third-order valence-corrected chi connectivity index (χ3v) is 0.792. The molecule has 0 saturated carbocycles. The fourth-order valence-corrected chi connectivity index (χ4v) is 0.460. The monoisotopic (exact) mass is 114 g/mol. The first kappa shape index (κ1) is 4.96. The summed E-state index contributed by atoms with van der Waals surface area (Å²) < 4.78 is 0. The summed E-state index contributed by atoms with van der Waals surface area (Å²) in [6, 6.07) is 0. The Balaban J connectivity index is 2.57. The first-order chi connectivity index (χ1) is 3.79. The molecule has 0 aromatic carbocycles. The maximum absolute atomic E-state index is 10.3. The summed E-state index contributed by atoms with van der Waals surface area (Å²) in [6.45, 7) is 0. The van der Waals surface area contributed by atoms with Crippen LogP contribution in [-0.2, 0) is 4.79 Å². The van der Waals surface area contributed by atoms with E-state index in [2.05, 4.69) is 10.9 Å². The molecule has 0 saturated heterocycles. The fourth-order valence-electron chi connectivity index (χ4n) is 0.460. The molecule has 0 radical (unpaired) electrons. The van der Waals surface area contributed by atoms with Crippen LogP contribution in [0.15, 0.2) is 12.0 Å². The number of hydrazine groups is 1. The normalized spacial score (nSPS) is 18.5. The number of hydrogen-bond acceptors (Lipinski definition) is 3. The van der Waals surface area contributed by atoms with Crippen molar-refractivity contribution in [2.75, 3.05) is 0 Å². The second-order valence-electron chi connectivity index (χ2n) is 1.50. The first-order valence-corrected chi connectivity index (χ1v) is 2.21. The summed E-state index contributed by atoms with van der Waals surface area (Å²) >= 11 is 0. The zero-order valence-corrected chi connectivity index (χ0v) is 4.14. The highest BCUT2D eigenvalue weighted by atomic mass is 16.3. The van der Waals surface area contributed by atoms with Gasteiger partial charge in [0.05, 0.1) is 12.6 Å². The Morgan fingerprint density at radius 2 is 2.50 bits per heavy atom. The number of carbonyl (C=O) groups excluding carboxylic acids is 1. The zero-order valence-electron chi connectivity index (χ0n) is 4.14. The van der Waals surface area contributed by atoms with Crippen LogP contribution in [0.1, 0.15) is 6.42 Å². The summed E-state index contributed by atoms with van der Waals surface area (Å²) in [5.74, 6) is -0.154. The number of amides is 1. The zero-order chi connectivity index (χ0) is 5.98. The van der Waals surface area contributed by atoms with Crippen LogP contribution in [0.25, 0.3) is 0 Å². The van der Waals surface area contributed by atoms with E-state index < -0.39 is 0 Å². The van der Waals surface area contributed by atoms with Gasteiger partial charge in [-0.3, -0.25) is 10.2 Å². The molecule has 0 spiro atoms. The molecule has 4 nitrogen and oxygen atoms in total. The van der Waals surface area contributed by atoms with Crippen molar-refractivity contribution in [3.8, 4) is 0 Å². The third kappa shape index (κ3) is 0.900. The molecule has 0 atom stereocenters. The molecule has 1 aliphatic rings. The number of nitrogens with one attached hydrogen (secondary N) is 2. The van der Waals surface area contributed by atoms with Gasteiger partial charge in [-0.25, -0.2) is 0 Å². The lowest BCUT2D eigenvalue weighted by Gasteiger charge is -2.09. The average molecular weight is 114 g/mol. The highest BCUT2D eigenvalue weighted by molar-refractivity contribution is 5.78. The molecule has 1 aliphatic heterocycles. The number of hydrogen-bond donors (Lipinski definition) is 3. The summed E-state index contributed by atoms with van der Waals surface area (Å²) in [5, 5.41) is 8.62. The first-order valence-electron chi connectivity index (χ1n) is 2.21. The maximum Gasteiger partial charge on any atom is 0.245 e. The van der Waals surface area contributed by atoms with Crippen LogP contribution in [0, 0.1) is 0 Å². The minimum Gasteiger partial charge on any atom is -0.510 e. The van der Waals surface area contributed by atoms with E-state index in [9.17, 15) is 4.79 Å². The molecule has 4 heteroatoms. The van der Waals surface area contributed by atoms with Crippen LogP contribution >= 0.6 is 0 Å². The molecule has 1 heterocycles. The highest BCUT2D eigenvalue weighted by Gasteiger charge is 2.06. The van der Waals surface area contributed by atoms with Crippen molar-refractivity contribution < 1.29 is 9.90 Å². The second kappa shape index (κ2) is 1.73. The quantitative estimate of drug-likeness (QED) is 0.394. The van der Waals surface area contributed by atoms with Gasteiger partial charge in [0.2, 0.25) is 5.91 Å². The van der Waals surface area contributed by atoms with Gasteiger partial charge >= 0.3 is 0 Å². The predicted molar refractivity (Wildman–Crippen MR) is 26.6 cm³/mol. The topological polar surface area (TPSA) is 61.4 Å². The van der Waals surface area contributed by atoms with E-state index in [1.807, 2.05) is 0 Å². The van der Waals surface area contributed by atoms with Crippen molar-refractivity contribution in [2.45, 2.75) is 6.42 Å². The van der Waals surface area contributed by atoms with Crippen molar-refractivity contribution in [3.63, 3.8) is 0 Å². The second-order valence-corrected chi connectivity index (χ2v) is 1.50. The molecule has 44 valence electrons. The summed E-state index contributed by atoms with van der Waals surface area (Å²) in [7, 11) is 0. The molecule has 1 rings (SSSR count). The van der Waals surface area contributed by atoms with Crippen molar-refractivity contribution in [1.82, 2.24) is 10.9 Å². The van der Waals surface area contributed by atoms with Gasteiger partial charge in [-0.15, -0.1) is 0 Å². The fraction of sp³-hybridized carbons (Fsp3) is 0.250. The van der Waals surface area contributed by atoms with Gasteiger partial charge in [0, 0.05) is 0 Å². The molecule has 0 bridgehead atoms. The molecular weight excluding hydrogens is 108 g/mol. The number of carbonyl (C=O) groups is 1. The molecule has 1 amide bonds. The van der Waals surface area contributed by atoms with Gasteiger partial charge in [0.15, 0.2) is 0 Å². The van der Waals surface area contributed by atoms with E-state index in [1.54, 1.807) is 0 Å². The minimum atomic E-state index is -0.218. The van der Waals surface area contributed by atoms with Crippen molar-refractivity contribution >= 4 is 5.91 Å². The van der Waals surface area contributed by atoms with Crippen LogP contribution in [0.2, 0.25) is 0 Å². The summed E-state index contributed by atoms with van der Waals surface area (Å²) in [4.78, 5) is 10.3. The van der Waals surface area contributed by atoms with E-state index in [1.165, 1.54) is 6.20 Å². The van der Waals surface area contributed by atoms with Crippen LogP contribution in [0.3, 0.4) is 0 Å². The molecular formula is C4H6N2O2. The smallest absolute Gasteiger partial charge is 0.245 e. The van der Waals surface area contributed by atoms with E-state index in [0.717, 1.165) is 0 Å². The van der Waals surface area contributed by atoms with Crippen LogP contribution in [0.4, 0.5) is 0 Å². The van der Waals surface area contributed by atoms with Gasteiger partial charge in [-0.1, -0.05) is 0 Å². The number of aliphatic hydroxyl groups is 1.